The fourth-order valence-electron chi connectivity index (χ4n) is 9.11. The molecule has 0 N–H and O–H groups in total. The first kappa shape index (κ1) is 64.4. The number of carbonyl (C=O) groups excluding carboxylic acids is 3. The fourth-order valence-corrected chi connectivity index (χ4v) is 9.11. The topological polar surface area (TPSA) is 78.9 Å². The summed E-state index contributed by atoms with van der Waals surface area (Å²) in [5, 5.41) is 0. The van der Waals surface area contributed by atoms with Crippen molar-refractivity contribution in [1.82, 2.24) is 0 Å². The van der Waals surface area contributed by atoms with E-state index >= 15 is 0 Å². The van der Waals surface area contributed by atoms with Crippen LogP contribution < -0.4 is 0 Å². The van der Waals surface area contributed by atoms with Crippen LogP contribution in [0.25, 0.3) is 0 Å². The third-order valence-electron chi connectivity index (χ3n) is 14.4. The minimum atomic E-state index is -0.764. The minimum Gasteiger partial charge on any atom is -0.462 e. The Labute approximate surface area is 412 Å². The largest absolute Gasteiger partial charge is 0.462 e. The zero-order chi connectivity index (χ0) is 48.4. The number of rotatable bonds is 53. The molecule has 6 nitrogen and oxygen atoms in total. The van der Waals surface area contributed by atoms with Gasteiger partial charge in [-0.1, -0.05) is 292 Å². The first-order valence-corrected chi connectivity index (χ1v) is 29.7. The Morgan fingerprint density at radius 2 is 0.530 bits per heavy atom. The van der Waals surface area contributed by atoms with Gasteiger partial charge in [0.1, 0.15) is 13.2 Å². The van der Waals surface area contributed by atoms with Crippen molar-refractivity contribution in [2.45, 2.75) is 337 Å². The van der Waals surface area contributed by atoms with Crippen LogP contribution in [0.2, 0.25) is 0 Å². The average molecular weight is 934 g/mol. The number of ether oxygens (including phenoxy) is 3. The zero-order valence-corrected chi connectivity index (χ0v) is 45.5. The van der Waals surface area contributed by atoms with E-state index in [-0.39, 0.29) is 31.1 Å². The molecule has 2 unspecified atom stereocenters. The van der Waals surface area contributed by atoms with Crippen LogP contribution in [0, 0.1) is 17.8 Å². The summed E-state index contributed by atoms with van der Waals surface area (Å²) in [5.41, 5.74) is 0. The maximum absolute atomic E-state index is 12.9. The van der Waals surface area contributed by atoms with Crippen LogP contribution in [0.4, 0.5) is 0 Å². The van der Waals surface area contributed by atoms with Crippen molar-refractivity contribution in [3.8, 4) is 0 Å². The van der Waals surface area contributed by atoms with Crippen LogP contribution >= 0.6 is 0 Å². The van der Waals surface area contributed by atoms with Crippen LogP contribution in [-0.4, -0.2) is 37.2 Å². The number of esters is 3. The Balaban J connectivity index is 4.29. The van der Waals surface area contributed by atoms with Gasteiger partial charge in [-0.15, -0.1) is 0 Å². The van der Waals surface area contributed by atoms with Crippen molar-refractivity contribution in [2.75, 3.05) is 13.2 Å². The number of unbranched alkanes of at least 4 members (excludes halogenated alkanes) is 34. The van der Waals surface area contributed by atoms with Gasteiger partial charge in [0.2, 0.25) is 0 Å². The van der Waals surface area contributed by atoms with E-state index < -0.39 is 6.10 Å². The molecule has 0 bridgehead atoms. The number of hydrogen-bond donors (Lipinski definition) is 0. The molecule has 0 radical (unpaired) electrons. The SMILES string of the molecule is CCC(C)CCCCCCCCCCCCCCCCC(=O)O[C@H](COC(=O)CCCCCCCCCCCCCCCCCC(C)C)COC(=O)CCCCCCCCCCC(C)CC. The first-order chi connectivity index (χ1) is 32.2. The molecule has 0 saturated carbocycles. The minimum absolute atomic E-state index is 0.0636. The van der Waals surface area contributed by atoms with Crippen molar-refractivity contribution >= 4 is 17.9 Å². The highest BCUT2D eigenvalue weighted by Crippen LogP contribution is 2.19. The smallest absolute Gasteiger partial charge is 0.306 e. The van der Waals surface area contributed by atoms with Crippen LogP contribution in [0.15, 0.2) is 0 Å². The van der Waals surface area contributed by atoms with Crippen molar-refractivity contribution in [3.05, 3.63) is 0 Å². The van der Waals surface area contributed by atoms with Gasteiger partial charge in [0.05, 0.1) is 0 Å². The normalized spacial score (nSPS) is 13.0. The molecule has 6 heteroatoms. The first-order valence-electron chi connectivity index (χ1n) is 29.7. The average Bonchev–Trinajstić information content (AvgIpc) is 3.30. The Hall–Kier alpha value is -1.59. The van der Waals surface area contributed by atoms with Crippen molar-refractivity contribution in [3.63, 3.8) is 0 Å². The van der Waals surface area contributed by atoms with E-state index in [1.165, 1.54) is 212 Å². The summed E-state index contributed by atoms with van der Waals surface area (Å²) in [6.07, 6.45) is 53.7. The van der Waals surface area contributed by atoms with E-state index in [9.17, 15) is 14.4 Å². The second-order valence-corrected chi connectivity index (χ2v) is 21.6. The van der Waals surface area contributed by atoms with Gasteiger partial charge in [0.25, 0.3) is 0 Å². The summed E-state index contributed by atoms with van der Waals surface area (Å²) in [6.45, 7) is 13.8. The third-order valence-corrected chi connectivity index (χ3v) is 14.4. The highest BCUT2D eigenvalue weighted by molar-refractivity contribution is 5.71. The summed E-state index contributed by atoms with van der Waals surface area (Å²) < 4.78 is 16.9. The monoisotopic (exact) mass is 933 g/mol. The second-order valence-electron chi connectivity index (χ2n) is 21.6. The van der Waals surface area contributed by atoms with Crippen molar-refractivity contribution in [1.29, 1.82) is 0 Å². The van der Waals surface area contributed by atoms with E-state index in [2.05, 4.69) is 41.5 Å². The molecule has 0 fully saturated rings. The predicted molar refractivity (Wildman–Crippen MR) is 284 cm³/mol. The third kappa shape index (κ3) is 50.3. The maximum Gasteiger partial charge on any atom is 0.306 e. The van der Waals surface area contributed by atoms with Crippen LogP contribution in [0.3, 0.4) is 0 Å². The van der Waals surface area contributed by atoms with E-state index in [0.717, 1.165) is 75.5 Å². The lowest BCUT2D eigenvalue weighted by Gasteiger charge is -2.18. The number of hydrogen-bond acceptors (Lipinski definition) is 6. The summed E-state index contributed by atoms with van der Waals surface area (Å²) >= 11 is 0. The molecule has 3 atom stereocenters. The van der Waals surface area contributed by atoms with Gasteiger partial charge in [-0.3, -0.25) is 14.4 Å². The lowest BCUT2D eigenvalue weighted by molar-refractivity contribution is -0.167. The van der Waals surface area contributed by atoms with Gasteiger partial charge in [0.15, 0.2) is 6.10 Å². The quantitative estimate of drug-likeness (QED) is 0.0343. The lowest BCUT2D eigenvalue weighted by Crippen LogP contribution is -2.30. The van der Waals surface area contributed by atoms with E-state index in [1.54, 1.807) is 0 Å². The molecule has 0 aliphatic heterocycles. The van der Waals surface area contributed by atoms with Gasteiger partial charge in [-0.05, 0) is 37.0 Å². The van der Waals surface area contributed by atoms with Crippen LogP contribution in [0.1, 0.15) is 330 Å². The van der Waals surface area contributed by atoms with Crippen molar-refractivity contribution < 1.29 is 28.6 Å². The number of carbonyl (C=O) groups is 3. The predicted octanol–water partition coefficient (Wildman–Crippen LogP) is 19.5. The Morgan fingerprint density at radius 1 is 0.303 bits per heavy atom. The standard InChI is InChI=1S/C60H116O6/c1-7-55(5)47-41-35-29-23-19-15-12-13-17-21-25-33-39-45-51-60(63)66-57(53-65-59(62)50-44-38-32-27-26-30-36-42-48-56(6)8-2)52-64-58(61)49-43-37-31-24-20-16-11-9-10-14-18-22-28-34-40-46-54(3)4/h54-57H,7-53H2,1-6H3/t55?,56?,57-/m1/s1. The van der Waals surface area contributed by atoms with E-state index in [1.807, 2.05) is 0 Å². The molecule has 0 amide bonds. The molecule has 0 aromatic rings. The molecular formula is C60H116O6. The Kier molecular flexibility index (Phi) is 50.0. The molecule has 66 heavy (non-hydrogen) atoms. The highest BCUT2D eigenvalue weighted by atomic mass is 16.6. The molecule has 0 saturated heterocycles. The zero-order valence-electron chi connectivity index (χ0n) is 45.5. The lowest BCUT2D eigenvalue weighted by atomic mass is 9.99. The maximum atomic E-state index is 12.9. The van der Waals surface area contributed by atoms with Gasteiger partial charge < -0.3 is 14.2 Å². The molecule has 0 spiro atoms. The Bertz CT molecular complexity index is 1030. The summed E-state index contributed by atoms with van der Waals surface area (Å²) in [6, 6.07) is 0. The molecule has 0 heterocycles. The van der Waals surface area contributed by atoms with Crippen LogP contribution in [0.5, 0.6) is 0 Å². The fraction of sp³-hybridized carbons (Fsp3) is 0.950. The van der Waals surface area contributed by atoms with Crippen molar-refractivity contribution in [2.24, 2.45) is 17.8 Å². The molecule has 0 rings (SSSR count). The molecule has 392 valence electrons. The molecule has 0 aliphatic carbocycles. The van der Waals surface area contributed by atoms with E-state index in [4.69, 9.17) is 14.2 Å². The molecule has 0 aromatic carbocycles. The summed E-state index contributed by atoms with van der Waals surface area (Å²) in [4.78, 5) is 38.2. The highest BCUT2D eigenvalue weighted by Gasteiger charge is 2.19. The summed E-state index contributed by atoms with van der Waals surface area (Å²) in [5.74, 6) is 1.75. The molecular weight excluding hydrogens is 817 g/mol. The van der Waals surface area contributed by atoms with Gasteiger partial charge in [-0.25, -0.2) is 0 Å². The van der Waals surface area contributed by atoms with Crippen LogP contribution in [-0.2, 0) is 28.6 Å². The van der Waals surface area contributed by atoms with Gasteiger partial charge >= 0.3 is 17.9 Å². The molecule has 0 aliphatic rings. The molecule has 0 aromatic heterocycles. The van der Waals surface area contributed by atoms with E-state index in [0.29, 0.717) is 19.3 Å². The van der Waals surface area contributed by atoms with Gasteiger partial charge in [0, 0.05) is 19.3 Å². The second kappa shape index (κ2) is 51.3. The summed E-state index contributed by atoms with van der Waals surface area (Å²) in [7, 11) is 0. The van der Waals surface area contributed by atoms with Gasteiger partial charge in [-0.2, -0.15) is 0 Å². The Morgan fingerprint density at radius 3 is 0.788 bits per heavy atom.